The first-order valence-corrected chi connectivity index (χ1v) is 5.40. The quantitative estimate of drug-likeness (QED) is 0.881. The molecule has 0 unspecified atom stereocenters. The molecule has 0 atom stereocenters. The highest BCUT2D eigenvalue weighted by Gasteiger charge is 2.08. The Hall–Kier alpha value is -2.12. The van der Waals surface area contributed by atoms with Gasteiger partial charge in [0.25, 0.3) is 0 Å². The first kappa shape index (κ1) is 12.3. The maximum atomic E-state index is 13.6. The van der Waals surface area contributed by atoms with Crippen LogP contribution in [0.2, 0.25) is 5.02 Å². The molecule has 5 heteroatoms. The molecule has 0 saturated heterocycles. The van der Waals surface area contributed by atoms with Gasteiger partial charge < -0.3 is 5.32 Å². The Morgan fingerprint density at radius 2 is 1.94 bits per heavy atom. The number of nitriles is 1. The fraction of sp³-hybridized carbons (Fsp3) is 0. The average Bonchev–Trinajstić information content (AvgIpc) is 2.35. The van der Waals surface area contributed by atoms with Crippen molar-refractivity contribution in [2.45, 2.75) is 0 Å². The number of nitrogens with one attached hydrogen (secondary N) is 1. The number of nitrogens with zero attached hydrogens (tertiary/aromatic N) is 1. The van der Waals surface area contributed by atoms with E-state index in [4.69, 9.17) is 16.9 Å². The molecule has 1 N–H and O–H groups in total. The number of anilines is 2. The second-order valence-corrected chi connectivity index (χ2v) is 3.94. The summed E-state index contributed by atoms with van der Waals surface area (Å²) in [4.78, 5) is 0. The molecule has 18 heavy (non-hydrogen) atoms. The molecule has 2 rings (SSSR count). The van der Waals surface area contributed by atoms with Crippen LogP contribution in [0.3, 0.4) is 0 Å². The molecule has 0 aromatic heterocycles. The summed E-state index contributed by atoms with van der Waals surface area (Å²) in [5, 5.41) is 11.3. The molecular formula is C13H7ClF2N2. The summed E-state index contributed by atoms with van der Waals surface area (Å²) < 4.78 is 26.9. The van der Waals surface area contributed by atoms with E-state index in [1.54, 1.807) is 12.1 Å². The molecule has 0 spiro atoms. The van der Waals surface area contributed by atoms with E-state index in [2.05, 4.69) is 5.32 Å². The van der Waals surface area contributed by atoms with Gasteiger partial charge in [-0.25, -0.2) is 8.78 Å². The van der Waals surface area contributed by atoms with Gasteiger partial charge in [0.1, 0.15) is 11.9 Å². The number of hydrogen-bond acceptors (Lipinski definition) is 2. The SMILES string of the molecule is N#Cc1ccc(Nc2cccc(Cl)c2F)cc1F. The van der Waals surface area contributed by atoms with E-state index in [0.717, 1.165) is 6.07 Å². The summed E-state index contributed by atoms with van der Waals surface area (Å²) in [5.74, 6) is -1.27. The molecule has 2 aromatic rings. The maximum absolute atomic E-state index is 13.6. The van der Waals surface area contributed by atoms with Crippen LogP contribution in [0.4, 0.5) is 20.2 Å². The standard InChI is InChI=1S/C13H7ClF2N2/c14-10-2-1-3-12(13(10)16)18-9-5-4-8(7-17)11(15)6-9/h1-6,18H. The fourth-order valence-corrected chi connectivity index (χ4v) is 1.61. The van der Waals surface area contributed by atoms with Gasteiger partial charge in [-0.05, 0) is 30.3 Å². The van der Waals surface area contributed by atoms with Crippen molar-refractivity contribution in [3.63, 3.8) is 0 Å². The van der Waals surface area contributed by atoms with Crippen molar-refractivity contribution in [1.82, 2.24) is 0 Å². The van der Waals surface area contributed by atoms with Gasteiger partial charge >= 0.3 is 0 Å². The van der Waals surface area contributed by atoms with E-state index in [1.807, 2.05) is 0 Å². The zero-order valence-electron chi connectivity index (χ0n) is 9.05. The third-order valence-corrected chi connectivity index (χ3v) is 2.61. The first-order chi connectivity index (χ1) is 8.61. The van der Waals surface area contributed by atoms with Crippen molar-refractivity contribution in [1.29, 1.82) is 5.26 Å². The molecule has 2 nitrogen and oxygen atoms in total. The lowest BCUT2D eigenvalue weighted by atomic mass is 10.2. The zero-order valence-corrected chi connectivity index (χ0v) is 9.80. The summed E-state index contributed by atoms with van der Waals surface area (Å²) in [5.41, 5.74) is 0.423. The number of hydrogen-bond donors (Lipinski definition) is 1. The lowest BCUT2D eigenvalue weighted by Crippen LogP contribution is -1.95. The van der Waals surface area contributed by atoms with E-state index < -0.39 is 11.6 Å². The van der Waals surface area contributed by atoms with E-state index in [1.165, 1.54) is 24.3 Å². The predicted molar refractivity (Wildman–Crippen MR) is 65.8 cm³/mol. The van der Waals surface area contributed by atoms with Crippen LogP contribution in [0, 0.1) is 23.0 Å². The third kappa shape index (κ3) is 2.41. The lowest BCUT2D eigenvalue weighted by Gasteiger charge is -2.08. The molecule has 90 valence electrons. The topological polar surface area (TPSA) is 35.8 Å². The predicted octanol–water partition coefficient (Wildman–Crippen LogP) is 4.23. The Morgan fingerprint density at radius 1 is 1.17 bits per heavy atom. The van der Waals surface area contributed by atoms with Gasteiger partial charge in [-0.2, -0.15) is 5.26 Å². The molecule has 0 fully saturated rings. The van der Waals surface area contributed by atoms with Crippen LogP contribution in [0.5, 0.6) is 0 Å². The molecule has 0 saturated carbocycles. The Bertz CT molecular complexity index is 635. The van der Waals surface area contributed by atoms with Crippen molar-refractivity contribution in [3.05, 3.63) is 58.6 Å². The van der Waals surface area contributed by atoms with Crippen LogP contribution in [0.15, 0.2) is 36.4 Å². The molecule has 2 aromatic carbocycles. The van der Waals surface area contributed by atoms with Crippen LogP contribution in [-0.4, -0.2) is 0 Å². The smallest absolute Gasteiger partial charge is 0.165 e. The first-order valence-electron chi connectivity index (χ1n) is 5.02. The third-order valence-electron chi connectivity index (χ3n) is 2.32. The summed E-state index contributed by atoms with van der Waals surface area (Å²) in [6.45, 7) is 0. The maximum Gasteiger partial charge on any atom is 0.165 e. The summed E-state index contributed by atoms with van der Waals surface area (Å²) >= 11 is 5.63. The molecular weight excluding hydrogens is 258 g/mol. The monoisotopic (exact) mass is 264 g/mol. The molecule has 0 heterocycles. The zero-order chi connectivity index (χ0) is 13.1. The highest BCUT2D eigenvalue weighted by Crippen LogP contribution is 2.26. The minimum Gasteiger partial charge on any atom is -0.353 e. The van der Waals surface area contributed by atoms with Crippen LogP contribution < -0.4 is 5.32 Å². The second-order valence-electron chi connectivity index (χ2n) is 3.53. The van der Waals surface area contributed by atoms with E-state index in [0.29, 0.717) is 5.69 Å². The number of rotatable bonds is 2. The van der Waals surface area contributed by atoms with Crippen LogP contribution in [0.25, 0.3) is 0 Å². The van der Waals surface area contributed by atoms with Gasteiger partial charge in [0, 0.05) is 5.69 Å². The normalized spacial score (nSPS) is 9.89. The van der Waals surface area contributed by atoms with E-state index >= 15 is 0 Å². The Labute approximate surface area is 107 Å². The molecule has 0 aliphatic heterocycles. The highest BCUT2D eigenvalue weighted by atomic mass is 35.5. The molecule has 0 bridgehead atoms. The fourth-order valence-electron chi connectivity index (χ4n) is 1.44. The number of benzene rings is 2. The molecule has 0 radical (unpaired) electrons. The van der Waals surface area contributed by atoms with E-state index in [-0.39, 0.29) is 16.3 Å². The van der Waals surface area contributed by atoms with Crippen LogP contribution in [0.1, 0.15) is 5.56 Å². The van der Waals surface area contributed by atoms with Gasteiger partial charge in [0.15, 0.2) is 5.82 Å². The molecule has 0 aliphatic rings. The average molecular weight is 265 g/mol. The Balaban J connectivity index is 2.32. The van der Waals surface area contributed by atoms with Crippen LogP contribution >= 0.6 is 11.6 Å². The lowest BCUT2D eigenvalue weighted by molar-refractivity contribution is 0.623. The van der Waals surface area contributed by atoms with Gasteiger partial charge in [-0.15, -0.1) is 0 Å². The molecule has 0 amide bonds. The summed E-state index contributed by atoms with van der Waals surface area (Å²) in [7, 11) is 0. The van der Waals surface area contributed by atoms with Crippen molar-refractivity contribution in [2.75, 3.05) is 5.32 Å². The molecule has 0 aliphatic carbocycles. The summed E-state index contributed by atoms with van der Waals surface area (Å²) in [6, 6.07) is 10.1. The Kier molecular flexibility index (Phi) is 3.45. The number of halogens is 3. The minimum atomic E-state index is -0.662. The van der Waals surface area contributed by atoms with Gasteiger partial charge in [-0.1, -0.05) is 17.7 Å². The van der Waals surface area contributed by atoms with Crippen molar-refractivity contribution in [3.8, 4) is 6.07 Å². The minimum absolute atomic E-state index is 0.0193. The van der Waals surface area contributed by atoms with Gasteiger partial charge in [0.05, 0.1) is 16.3 Å². The summed E-state index contributed by atoms with van der Waals surface area (Å²) in [6.07, 6.45) is 0. The largest absolute Gasteiger partial charge is 0.353 e. The van der Waals surface area contributed by atoms with Gasteiger partial charge in [0.2, 0.25) is 0 Å². The van der Waals surface area contributed by atoms with Crippen LogP contribution in [-0.2, 0) is 0 Å². The second kappa shape index (κ2) is 5.03. The van der Waals surface area contributed by atoms with Gasteiger partial charge in [-0.3, -0.25) is 0 Å². The van der Waals surface area contributed by atoms with Crippen molar-refractivity contribution >= 4 is 23.0 Å². The van der Waals surface area contributed by atoms with Crippen molar-refractivity contribution in [2.24, 2.45) is 0 Å². The van der Waals surface area contributed by atoms with E-state index in [9.17, 15) is 8.78 Å². The Morgan fingerprint density at radius 3 is 2.61 bits per heavy atom. The highest BCUT2D eigenvalue weighted by molar-refractivity contribution is 6.31. The van der Waals surface area contributed by atoms with Crippen molar-refractivity contribution < 1.29 is 8.78 Å².